The maximum Gasteiger partial charge on any atom is 0.266 e. The number of benzene rings is 7. The number of fused-ring (bicyclic) bond motifs is 4. The van der Waals surface area contributed by atoms with Gasteiger partial charge in [-0.05, 0) is 184 Å². The first kappa shape index (κ1) is 49.0. The number of aromatic nitrogens is 2. The third-order valence-corrected chi connectivity index (χ3v) is 15.5. The normalized spacial score (nSPS) is 13.3. The van der Waals surface area contributed by atoms with Crippen LogP contribution in [-0.2, 0) is 12.8 Å². The van der Waals surface area contributed by atoms with Gasteiger partial charge in [-0.2, -0.15) is 0 Å². The Bertz CT molecular complexity index is 4270. The number of anilines is 1. The van der Waals surface area contributed by atoms with E-state index in [0.29, 0.717) is 52.2 Å². The van der Waals surface area contributed by atoms with Gasteiger partial charge in [-0.15, -0.1) is 0 Å². The lowest BCUT2D eigenvalue weighted by Crippen LogP contribution is -2.30. The van der Waals surface area contributed by atoms with Crippen molar-refractivity contribution in [3.8, 4) is 11.4 Å². The molecular formula is C63H50N4O9. The first-order valence-corrected chi connectivity index (χ1v) is 24.9. The van der Waals surface area contributed by atoms with Crippen LogP contribution in [0.5, 0.6) is 0 Å². The molecule has 13 nitrogen and oxygen atoms in total. The summed E-state index contributed by atoms with van der Waals surface area (Å²) in [5.74, 6) is -2.57. The van der Waals surface area contributed by atoms with E-state index in [2.05, 4.69) is 32.9 Å². The molecule has 13 heteroatoms. The highest BCUT2D eigenvalue weighted by molar-refractivity contribution is 6.35. The summed E-state index contributed by atoms with van der Waals surface area (Å²) in [5, 5.41) is 0.208. The molecule has 0 saturated carbocycles. The van der Waals surface area contributed by atoms with Gasteiger partial charge >= 0.3 is 0 Å². The Kier molecular flexibility index (Phi) is 11.2. The monoisotopic (exact) mass is 1010 g/mol. The second kappa shape index (κ2) is 17.4. The zero-order chi connectivity index (χ0) is 54.2. The molecule has 2 aliphatic heterocycles. The van der Waals surface area contributed by atoms with Crippen LogP contribution in [0.25, 0.3) is 32.9 Å². The van der Waals surface area contributed by atoms with E-state index in [1.807, 2.05) is 77.9 Å². The molecule has 0 aliphatic carbocycles. The SMILES string of the molecule is Cc1cc(Cc2cc(C)c(-n3c(=O)c4cc5c(=O)n(-c6c(C)cc(Cc7cc(C)c(N8C(=O)c9ccc(C(=O)c%10ccc%11c(c%10)C(=O)N(C)C%11=O)cc9C8=O)c(C)c7)cc6C)c(=O)c5cc4c3=O)c(C)c2)cc(C)c1C. The first-order chi connectivity index (χ1) is 36.0. The topological polar surface area (TPSA) is 170 Å². The number of carbonyl (C=O) groups is 5. The maximum atomic E-state index is 14.3. The Morgan fingerprint density at radius 3 is 1.04 bits per heavy atom. The van der Waals surface area contributed by atoms with Crippen molar-refractivity contribution in [1.82, 2.24) is 14.0 Å². The molecule has 0 N–H and O–H groups in total. The van der Waals surface area contributed by atoms with E-state index < -0.39 is 51.6 Å². The third-order valence-electron chi connectivity index (χ3n) is 15.5. The van der Waals surface area contributed by atoms with Gasteiger partial charge in [0.2, 0.25) is 0 Å². The van der Waals surface area contributed by atoms with Crippen LogP contribution in [0, 0.1) is 62.3 Å². The molecule has 7 aromatic carbocycles. The van der Waals surface area contributed by atoms with Crippen molar-refractivity contribution in [2.24, 2.45) is 0 Å². The fourth-order valence-corrected chi connectivity index (χ4v) is 11.8. The number of amides is 4. The highest BCUT2D eigenvalue weighted by Gasteiger charge is 2.39. The molecule has 9 aromatic rings. The standard InChI is InChI=1S/C63H50N4O9/c1-29-15-38(16-30(2)37(29)9)23-39-19-33(5)53(34(6)20-39)66-60(73)48-27-50-51(28-49(48)61(66)74)63(76)67(62(50)75)54-35(7)21-41(22-36(54)8)24-40-17-31(3)52(32(4)18-40)65-58(71)45-14-12-43(26-47(45)59(65)72)55(68)42-11-13-44-46(25-42)57(70)64(10)56(44)69/h11-22,25-28H,23-24H2,1-10H3. The second-order valence-corrected chi connectivity index (χ2v) is 20.7. The average Bonchev–Trinajstić information content (AvgIpc) is 3.99. The predicted molar refractivity (Wildman–Crippen MR) is 293 cm³/mol. The summed E-state index contributed by atoms with van der Waals surface area (Å²) in [6.07, 6.45) is 1.12. The molecule has 0 saturated heterocycles. The average molecular weight is 1010 g/mol. The molecule has 376 valence electrons. The van der Waals surface area contributed by atoms with Crippen LogP contribution in [0.2, 0.25) is 0 Å². The summed E-state index contributed by atoms with van der Waals surface area (Å²) in [7, 11) is 1.37. The zero-order valence-electron chi connectivity index (χ0n) is 43.6. The predicted octanol–water partition coefficient (Wildman–Crippen LogP) is 9.11. The number of rotatable bonds is 9. The van der Waals surface area contributed by atoms with E-state index in [0.717, 1.165) is 46.8 Å². The van der Waals surface area contributed by atoms with E-state index >= 15 is 0 Å². The number of hydrogen-bond acceptors (Lipinski definition) is 9. The largest absolute Gasteiger partial charge is 0.289 e. The quantitative estimate of drug-likeness (QED) is 0.101. The third kappa shape index (κ3) is 7.39. The van der Waals surface area contributed by atoms with Crippen LogP contribution in [0.4, 0.5) is 5.69 Å². The first-order valence-electron chi connectivity index (χ1n) is 24.9. The minimum atomic E-state index is -0.597. The Morgan fingerprint density at radius 1 is 0.355 bits per heavy atom. The van der Waals surface area contributed by atoms with Crippen molar-refractivity contribution in [2.75, 3.05) is 11.9 Å². The molecule has 4 heterocycles. The summed E-state index contributed by atoms with van der Waals surface area (Å²) in [6.45, 7) is 17.3. The van der Waals surface area contributed by atoms with Crippen LogP contribution < -0.4 is 27.1 Å². The Balaban J connectivity index is 0.853. The molecule has 0 bridgehead atoms. The summed E-state index contributed by atoms with van der Waals surface area (Å²) in [4.78, 5) is 126. The molecular weight excluding hydrogens is 957 g/mol. The molecule has 0 unspecified atom stereocenters. The van der Waals surface area contributed by atoms with E-state index in [9.17, 15) is 43.2 Å². The summed E-state index contributed by atoms with van der Waals surface area (Å²) >= 11 is 0. The highest BCUT2D eigenvalue weighted by Crippen LogP contribution is 2.36. The van der Waals surface area contributed by atoms with E-state index in [4.69, 9.17) is 0 Å². The number of aryl methyl sites for hydroxylation is 8. The van der Waals surface area contributed by atoms with Crippen molar-refractivity contribution in [3.05, 3.63) is 244 Å². The van der Waals surface area contributed by atoms with Crippen LogP contribution >= 0.6 is 0 Å². The molecule has 0 fully saturated rings. The fourth-order valence-electron chi connectivity index (χ4n) is 11.8. The lowest BCUT2D eigenvalue weighted by molar-refractivity contribution is 0.0692. The van der Waals surface area contributed by atoms with Crippen LogP contribution in [-0.4, -0.2) is 50.5 Å². The Morgan fingerprint density at radius 2 is 0.658 bits per heavy atom. The Hall–Kier alpha value is -9.23. The van der Waals surface area contributed by atoms with Crippen molar-refractivity contribution in [2.45, 2.75) is 75.2 Å². The van der Waals surface area contributed by atoms with Crippen molar-refractivity contribution in [1.29, 1.82) is 0 Å². The summed E-state index contributed by atoms with van der Waals surface area (Å²) < 4.78 is 2.27. The highest BCUT2D eigenvalue weighted by atomic mass is 16.2. The van der Waals surface area contributed by atoms with Gasteiger partial charge < -0.3 is 0 Å². The molecule has 4 amide bonds. The van der Waals surface area contributed by atoms with Gasteiger partial charge in [-0.3, -0.25) is 48.1 Å². The number of nitrogens with zero attached hydrogens (tertiary/aromatic N) is 4. The van der Waals surface area contributed by atoms with Crippen molar-refractivity contribution >= 4 is 56.6 Å². The number of ketones is 1. The number of hydrogen-bond donors (Lipinski definition) is 0. The fraction of sp³-hybridized carbons (Fsp3) is 0.190. The van der Waals surface area contributed by atoms with Crippen LogP contribution in [0.1, 0.15) is 130 Å². The van der Waals surface area contributed by atoms with E-state index in [1.165, 1.54) is 77.8 Å². The second-order valence-electron chi connectivity index (χ2n) is 20.7. The van der Waals surface area contributed by atoms with Crippen LogP contribution in [0.3, 0.4) is 0 Å². The van der Waals surface area contributed by atoms with Gasteiger partial charge in [0.15, 0.2) is 5.78 Å². The van der Waals surface area contributed by atoms with Gasteiger partial charge in [0.05, 0.1) is 60.9 Å². The van der Waals surface area contributed by atoms with Gasteiger partial charge in [0, 0.05) is 18.2 Å². The van der Waals surface area contributed by atoms with Gasteiger partial charge in [-0.1, -0.05) is 60.7 Å². The lowest BCUT2D eigenvalue weighted by atomic mass is 9.94. The summed E-state index contributed by atoms with van der Waals surface area (Å²) in [5.41, 5.74) is 11.6. The maximum absolute atomic E-state index is 14.3. The summed E-state index contributed by atoms with van der Waals surface area (Å²) in [6, 6.07) is 27.3. The molecule has 0 spiro atoms. The lowest BCUT2D eigenvalue weighted by Gasteiger charge is -2.21. The van der Waals surface area contributed by atoms with Crippen molar-refractivity contribution in [3.63, 3.8) is 0 Å². The molecule has 0 radical (unpaired) electrons. The minimum Gasteiger partial charge on any atom is -0.289 e. The molecule has 11 rings (SSSR count). The molecule has 0 atom stereocenters. The van der Waals surface area contributed by atoms with Crippen LogP contribution in [0.15, 0.2) is 116 Å². The van der Waals surface area contributed by atoms with Gasteiger partial charge in [0.1, 0.15) is 0 Å². The number of imide groups is 2. The number of carbonyl (C=O) groups excluding carboxylic acids is 5. The zero-order valence-corrected chi connectivity index (χ0v) is 43.6. The Labute approximate surface area is 435 Å². The molecule has 2 aromatic heterocycles. The molecule has 2 aliphatic rings. The van der Waals surface area contributed by atoms with Gasteiger partial charge in [0.25, 0.3) is 45.9 Å². The molecule has 76 heavy (non-hydrogen) atoms. The van der Waals surface area contributed by atoms with E-state index in [1.54, 1.807) is 0 Å². The van der Waals surface area contributed by atoms with Gasteiger partial charge in [-0.25, -0.2) is 14.0 Å². The minimum absolute atomic E-state index is 0.0432. The van der Waals surface area contributed by atoms with Crippen molar-refractivity contribution < 1.29 is 24.0 Å². The smallest absolute Gasteiger partial charge is 0.266 e. The van der Waals surface area contributed by atoms with E-state index in [-0.39, 0.29) is 54.9 Å².